The number of nitrogens with zero attached hydrogens (tertiary/aromatic N) is 2. The van der Waals surface area contributed by atoms with Crippen LogP contribution in [0.5, 0.6) is 0 Å². The van der Waals surface area contributed by atoms with Gasteiger partial charge in [0.2, 0.25) is 0 Å². The van der Waals surface area contributed by atoms with Crippen LogP contribution in [0.2, 0.25) is 0 Å². The Hall–Kier alpha value is -2.08. The number of para-hydroxylation sites is 1. The van der Waals surface area contributed by atoms with Crippen LogP contribution in [0.1, 0.15) is 31.1 Å². The molecule has 2 heterocycles. The molecule has 0 radical (unpaired) electrons. The summed E-state index contributed by atoms with van der Waals surface area (Å²) < 4.78 is 11.4. The zero-order valence-corrected chi connectivity index (χ0v) is 13.0. The minimum absolute atomic E-state index is 0.00327. The predicted octanol–water partition coefficient (Wildman–Crippen LogP) is 2.78. The summed E-state index contributed by atoms with van der Waals surface area (Å²) in [7, 11) is 0. The number of carbonyl (C=O) groups is 1. The van der Waals surface area contributed by atoms with Crippen molar-refractivity contribution in [3.63, 3.8) is 0 Å². The molecule has 1 N–H and O–H groups in total. The first kappa shape index (κ1) is 14.8. The van der Waals surface area contributed by atoms with E-state index < -0.39 is 5.97 Å². The first-order valence-corrected chi connectivity index (χ1v) is 7.35. The fraction of sp³-hybridized carbons (Fsp3) is 0.500. The van der Waals surface area contributed by atoms with E-state index in [0.717, 1.165) is 0 Å². The molecule has 6 nitrogen and oxygen atoms in total. The van der Waals surface area contributed by atoms with Crippen LogP contribution in [0.25, 0.3) is 11.1 Å². The maximum atomic E-state index is 11.3. The molecule has 3 rings (SSSR count). The second-order valence-corrected chi connectivity index (χ2v) is 6.60. The Balaban J connectivity index is 2.05. The van der Waals surface area contributed by atoms with E-state index in [-0.39, 0.29) is 17.0 Å². The number of hydrogen-bond donors (Lipinski definition) is 1. The Bertz CT molecular complexity index is 702. The van der Waals surface area contributed by atoms with Crippen LogP contribution in [-0.4, -0.2) is 41.9 Å². The summed E-state index contributed by atoms with van der Waals surface area (Å²) in [4.78, 5) is 17.8. The molecule has 6 heteroatoms. The summed E-state index contributed by atoms with van der Waals surface area (Å²) in [6, 6.07) is 5.54. The largest absolute Gasteiger partial charge is 0.478 e. The summed E-state index contributed by atoms with van der Waals surface area (Å²) in [6.07, 6.45) is 0. The van der Waals surface area contributed by atoms with Crippen LogP contribution in [-0.2, 0) is 4.74 Å². The Labute approximate surface area is 128 Å². The fourth-order valence-corrected chi connectivity index (χ4v) is 2.78. The molecule has 1 aromatic carbocycles. The number of aromatic carboxylic acids is 1. The lowest BCUT2D eigenvalue weighted by molar-refractivity contribution is 0.0560. The molecule has 1 fully saturated rings. The van der Waals surface area contributed by atoms with Gasteiger partial charge < -0.3 is 19.2 Å². The molecule has 1 aliphatic rings. The summed E-state index contributed by atoms with van der Waals surface area (Å²) in [6.45, 7) is 8.32. The van der Waals surface area contributed by atoms with Gasteiger partial charge >= 0.3 is 5.97 Å². The molecule has 0 amide bonds. The molecule has 0 aliphatic carbocycles. The van der Waals surface area contributed by atoms with Gasteiger partial charge in [-0.1, -0.05) is 26.8 Å². The molecular formula is C16H20N2O4. The van der Waals surface area contributed by atoms with Crippen molar-refractivity contribution in [2.24, 2.45) is 5.41 Å². The molecular weight excluding hydrogens is 284 g/mol. The van der Waals surface area contributed by atoms with Gasteiger partial charge in [-0.05, 0) is 17.5 Å². The highest BCUT2D eigenvalue weighted by Crippen LogP contribution is 2.32. The van der Waals surface area contributed by atoms with Crippen LogP contribution in [0.15, 0.2) is 22.6 Å². The maximum Gasteiger partial charge on any atom is 0.338 e. The second kappa shape index (κ2) is 5.28. The Morgan fingerprint density at radius 1 is 1.41 bits per heavy atom. The van der Waals surface area contributed by atoms with Crippen molar-refractivity contribution in [3.8, 4) is 0 Å². The standard InChI is InChI=1S/C16H20N2O4/c1-16(2,3)12-9-21-8-7-18(12)15-17-13-10(14(19)20)5-4-6-11(13)22-15/h4-6,12H,7-9H2,1-3H3,(H,19,20)/t12-/m1/s1. The normalized spacial score (nSPS) is 19.6. The number of anilines is 1. The molecule has 1 aromatic heterocycles. The molecule has 1 aliphatic heterocycles. The van der Waals surface area contributed by atoms with E-state index in [1.54, 1.807) is 12.1 Å². The van der Waals surface area contributed by atoms with Gasteiger partial charge in [0, 0.05) is 6.54 Å². The van der Waals surface area contributed by atoms with Crippen molar-refractivity contribution in [3.05, 3.63) is 23.8 Å². The summed E-state index contributed by atoms with van der Waals surface area (Å²) in [5.74, 6) is -1.00. The van der Waals surface area contributed by atoms with E-state index in [0.29, 0.717) is 36.9 Å². The van der Waals surface area contributed by atoms with Gasteiger partial charge in [-0.3, -0.25) is 0 Å². The van der Waals surface area contributed by atoms with Crippen molar-refractivity contribution in [1.29, 1.82) is 0 Å². The third kappa shape index (κ3) is 2.54. The number of oxazole rings is 1. The van der Waals surface area contributed by atoms with E-state index >= 15 is 0 Å². The van der Waals surface area contributed by atoms with Crippen molar-refractivity contribution < 1.29 is 19.1 Å². The van der Waals surface area contributed by atoms with Gasteiger partial charge in [0.25, 0.3) is 6.01 Å². The SMILES string of the molecule is CC(C)(C)[C@H]1COCCN1c1nc2c(C(=O)O)cccc2o1. The number of rotatable bonds is 2. The second-order valence-electron chi connectivity index (χ2n) is 6.60. The number of benzene rings is 1. The fourth-order valence-electron chi connectivity index (χ4n) is 2.78. The molecule has 0 saturated carbocycles. The molecule has 1 atom stereocenters. The topological polar surface area (TPSA) is 75.8 Å². The first-order valence-electron chi connectivity index (χ1n) is 7.35. The quantitative estimate of drug-likeness (QED) is 0.919. The zero-order chi connectivity index (χ0) is 15.9. The van der Waals surface area contributed by atoms with Gasteiger partial charge in [0.05, 0.1) is 24.8 Å². The third-order valence-electron chi connectivity index (χ3n) is 4.01. The molecule has 0 bridgehead atoms. The lowest BCUT2D eigenvalue weighted by Gasteiger charge is -2.42. The molecule has 1 saturated heterocycles. The van der Waals surface area contributed by atoms with Crippen molar-refractivity contribution in [2.45, 2.75) is 26.8 Å². The van der Waals surface area contributed by atoms with E-state index in [4.69, 9.17) is 9.15 Å². The van der Waals surface area contributed by atoms with Crippen LogP contribution >= 0.6 is 0 Å². The van der Waals surface area contributed by atoms with E-state index in [1.165, 1.54) is 6.07 Å². The van der Waals surface area contributed by atoms with Gasteiger partial charge in [0.15, 0.2) is 5.58 Å². The summed E-state index contributed by atoms with van der Waals surface area (Å²) >= 11 is 0. The number of fused-ring (bicyclic) bond motifs is 1. The molecule has 118 valence electrons. The maximum absolute atomic E-state index is 11.3. The van der Waals surface area contributed by atoms with Crippen molar-refractivity contribution in [2.75, 3.05) is 24.7 Å². The third-order valence-corrected chi connectivity index (χ3v) is 4.01. The monoisotopic (exact) mass is 304 g/mol. The lowest BCUT2D eigenvalue weighted by atomic mass is 9.85. The van der Waals surface area contributed by atoms with Gasteiger partial charge in [0.1, 0.15) is 5.52 Å². The first-order chi connectivity index (χ1) is 10.4. The van der Waals surface area contributed by atoms with E-state index in [9.17, 15) is 9.90 Å². The van der Waals surface area contributed by atoms with Gasteiger partial charge in [-0.25, -0.2) is 4.79 Å². The number of morpholine rings is 1. The molecule has 2 aromatic rings. The highest BCUT2D eigenvalue weighted by molar-refractivity contribution is 6.00. The van der Waals surface area contributed by atoms with Gasteiger partial charge in [-0.2, -0.15) is 4.98 Å². The number of ether oxygens (including phenoxy) is 1. The van der Waals surface area contributed by atoms with Crippen LogP contribution in [0, 0.1) is 5.41 Å². The zero-order valence-electron chi connectivity index (χ0n) is 13.0. The van der Waals surface area contributed by atoms with Crippen LogP contribution < -0.4 is 4.90 Å². The molecule has 0 unspecified atom stereocenters. The minimum atomic E-state index is -1.00. The lowest BCUT2D eigenvalue weighted by Crippen LogP contribution is -2.52. The van der Waals surface area contributed by atoms with E-state index in [2.05, 4.69) is 30.7 Å². The van der Waals surface area contributed by atoms with Crippen molar-refractivity contribution >= 4 is 23.1 Å². The summed E-state index contributed by atoms with van der Waals surface area (Å²) in [5, 5.41) is 9.27. The van der Waals surface area contributed by atoms with E-state index in [1.807, 2.05) is 0 Å². The number of aromatic nitrogens is 1. The average Bonchev–Trinajstić information content (AvgIpc) is 2.89. The Kier molecular flexibility index (Phi) is 3.56. The number of hydrogen-bond acceptors (Lipinski definition) is 5. The Morgan fingerprint density at radius 2 is 2.18 bits per heavy atom. The van der Waals surface area contributed by atoms with Crippen molar-refractivity contribution in [1.82, 2.24) is 4.98 Å². The highest BCUT2D eigenvalue weighted by atomic mass is 16.5. The smallest absolute Gasteiger partial charge is 0.338 e. The number of carboxylic acid groups (broad SMARTS) is 1. The number of carboxylic acids is 1. The molecule has 0 spiro atoms. The van der Waals surface area contributed by atoms with Gasteiger partial charge in [-0.15, -0.1) is 0 Å². The van der Waals surface area contributed by atoms with Crippen LogP contribution in [0.4, 0.5) is 6.01 Å². The summed E-state index contributed by atoms with van der Waals surface area (Å²) in [5.41, 5.74) is 1.04. The van der Waals surface area contributed by atoms with Crippen LogP contribution in [0.3, 0.4) is 0 Å². The minimum Gasteiger partial charge on any atom is -0.478 e. The Morgan fingerprint density at radius 3 is 2.86 bits per heavy atom. The average molecular weight is 304 g/mol. The highest BCUT2D eigenvalue weighted by Gasteiger charge is 2.35. The molecule has 22 heavy (non-hydrogen) atoms. The predicted molar refractivity (Wildman–Crippen MR) is 82.4 cm³/mol.